The molecule has 0 spiro atoms. The number of rotatable bonds is 8. The maximum atomic E-state index is 5.49. The van der Waals surface area contributed by atoms with Crippen LogP contribution in [-0.2, 0) is 0 Å². The highest BCUT2D eigenvalue weighted by Gasteiger charge is 2.10. The highest BCUT2D eigenvalue weighted by atomic mass is 14.9. The highest BCUT2D eigenvalue weighted by Crippen LogP contribution is 2.07. The third-order valence-electron chi connectivity index (χ3n) is 2.49. The van der Waals surface area contributed by atoms with Crippen LogP contribution in [0.4, 0.5) is 0 Å². The second-order valence-corrected chi connectivity index (χ2v) is 3.95. The van der Waals surface area contributed by atoms with Gasteiger partial charge < -0.3 is 5.32 Å². The zero-order chi connectivity index (χ0) is 10.8. The zero-order valence-corrected chi connectivity index (χ0v) is 9.97. The lowest BCUT2D eigenvalue weighted by molar-refractivity contribution is 0.407. The van der Waals surface area contributed by atoms with Crippen LogP contribution in [0, 0.1) is 12.3 Å². The van der Waals surface area contributed by atoms with Gasteiger partial charge in [0.2, 0.25) is 0 Å². The predicted octanol–water partition coefficient (Wildman–Crippen LogP) is 3.35. The molecule has 0 heterocycles. The number of hydrogen-bond acceptors (Lipinski definition) is 1. The van der Waals surface area contributed by atoms with Gasteiger partial charge in [-0.25, -0.2) is 0 Å². The summed E-state index contributed by atoms with van der Waals surface area (Å²) in [7, 11) is 0. The van der Waals surface area contributed by atoms with E-state index in [1.807, 2.05) is 0 Å². The van der Waals surface area contributed by atoms with Gasteiger partial charge in [-0.1, -0.05) is 46.0 Å². The van der Waals surface area contributed by atoms with Crippen LogP contribution < -0.4 is 5.32 Å². The molecule has 0 aliphatic rings. The van der Waals surface area contributed by atoms with Crippen molar-refractivity contribution in [1.29, 1.82) is 0 Å². The average molecular weight is 195 g/mol. The van der Waals surface area contributed by atoms with E-state index >= 15 is 0 Å². The van der Waals surface area contributed by atoms with Gasteiger partial charge in [0.05, 0.1) is 6.04 Å². The molecule has 0 aliphatic heterocycles. The van der Waals surface area contributed by atoms with Gasteiger partial charge in [-0.15, -0.1) is 6.42 Å². The van der Waals surface area contributed by atoms with Crippen molar-refractivity contribution in [3.05, 3.63) is 0 Å². The van der Waals surface area contributed by atoms with Gasteiger partial charge in [0.1, 0.15) is 0 Å². The molecule has 1 atom stereocenters. The minimum atomic E-state index is 0.281. The standard InChI is InChI=1S/C13H25N/c1-5-9-12(8-4)14-13(10-6-2)11-7-3/h4,12-14H,5-7,9-11H2,1-3H3. The first-order chi connectivity index (χ1) is 6.78. The topological polar surface area (TPSA) is 12.0 Å². The molecular weight excluding hydrogens is 170 g/mol. The number of hydrogen-bond donors (Lipinski definition) is 1. The van der Waals surface area contributed by atoms with Crippen molar-refractivity contribution < 1.29 is 0 Å². The van der Waals surface area contributed by atoms with Crippen LogP contribution in [0.15, 0.2) is 0 Å². The van der Waals surface area contributed by atoms with E-state index in [0.717, 1.165) is 12.8 Å². The molecule has 1 heteroatoms. The summed E-state index contributed by atoms with van der Waals surface area (Å²) in [6.07, 6.45) is 12.7. The van der Waals surface area contributed by atoms with E-state index in [-0.39, 0.29) is 6.04 Å². The monoisotopic (exact) mass is 195 g/mol. The molecule has 0 amide bonds. The maximum absolute atomic E-state index is 5.49. The lowest BCUT2D eigenvalue weighted by Crippen LogP contribution is -2.37. The first-order valence-corrected chi connectivity index (χ1v) is 6.00. The molecule has 0 aromatic rings. The fraction of sp³-hybridized carbons (Fsp3) is 0.846. The van der Waals surface area contributed by atoms with Crippen LogP contribution in [0.3, 0.4) is 0 Å². The molecule has 82 valence electrons. The maximum Gasteiger partial charge on any atom is 0.0688 e. The molecule has 0 radical (unpaired) electrons. The first-order valence-electron chi connectivity index (χ1n) is 6.00. The van der Waals surface area contributed by atoms with Gasteiger partial charge in [-0.3, -0.25) is 0 Å². The molecule has 0 saturated carbocycles. The molecular formula is C13H25N. The second kappa shape index (κ2) is 9.09. The van der Waals surface area contributed by atoms with E-state index in [2.05, 4.69) is 32.0 Å². The Bertz CT molecular complexity index is 151. The van der Waals surface area contributed by atoms with Gasteiger partial charge in [0.25, 0.3) is 0 Å². The SMILES string of the molecule is C#CC(CCC)NC(CCC)CCC. The van der Waals surface area contributed by atoms with Crippen LogP contribution in [-0.4, -0.2) is 12.1 Å². The van der Waals surface area contributed by atoms with Gasteiger partial charge in [0, 0.05) is 6.04 Å². The van der Waals surface area contributed by atoms with Gasteiger partial charge in [-0.05, 0) is 19.3 Å². The minimum Gasteiger partial charge on any atom is -0.301 e. The third kappa shape index (κ3) is 6.05. The minimum absolute atomic E-state index is 0.281. The van der Waals surface area contributed by atoms with E-state index in [1.165, 1.54) is 25.7 Å². The quantitative estimate of drug-likeness (QED) is 0.586. The smallest absolute Gasteiger partial charge is 0.0688 e. The summed E-state index contributed by atoms with van der Waals surface area (Å²) in [6, 6.07) is 0.903. The van der Waals surface area contributed by atoms with E-state index in [4.69, 9.17) is 6.42 Å². The molecule has 1 nitrogen and oxygen atoms in total. The van der Waals surface area contributed by atoms with Crippen LogP contribution in [0.2, 0.25) is 0 Å². The van der Waals surface area contributed by atoms with Crippen LogP contribution in [0.25, 0.3) is 0 Å². The number of terminal acetylenes is 1. The fourth-order valence-corrected chi connectivity index (χ4v) is 1.80. The highest BCUT2D eigenvalue weighted by molar-refractivity contribution is 4.99. The molecule has 14 heavy (non-hydrogen) atoms. The normalized spacial score (nSPS) is 12.8. The van der Waals surface area contributed by atoms with E-state index in [9.17, 15) is 0 Å². The Hall–Kier alpha value is -0.480. The van der Waals surface area contributed by atoms with Gasteiger partial charge in [-0.2, -0.15) is 0 Å². The van der Waals surface area contributed by atoms with E-state index < -0.39 is 0 Å². The molecule has 0 fully saturated rings. The Labute approximate surface area is 89.7 Å². The van der Waals surface area contributed by atoms with Gasteiger partial charge in [0.15, 0.2) is 0 Å². The Morgan fingerprint density at radius 3 is 1.86 bits per heavy atom. The predicted molar refractivity (Wildman–Crippen MR) is 64.3 cm³/mol. The second-order valence-electron chi connectivity index (χ2n) is 3.95. The first kappa shape index (κ1) is 13.5. The Morgan fingerprint density at radius 2 is 1.50 bits per heavy atom. The van der Waals surface area contributed by atoms with Crippen LogP contribution in [0.1, 0.15) is 59.3 Å². The summed E-state index contributed by atoms with van der Waals surface area (Å²) in [4.78, 5) is 0. The molecule has 0 aromatic carbocycles. The van der Waals surface area contributed by atoms with Crippen molar-refractivity contribution in [1.82, 2.24) is 5.32 Å². The van der Waals surface area contributed by atoms with Crippen molar-refractivity contribution in [2.24, 2.45) is 0 Å². The van der Waals surface area contributed by atoms with Crippen molar-refractivity contribution in [2.75, 3.05) is 0 Å². The third-order valence-corrected chi connectivity index (χ3v) is 2.49. The molecule has 0 aromatic heterocycles. The van der Waals surface area contributed by atoms with Crippen LogP contribution in [0.5, 0.6) is 0 Å². The average Bonchev–Trinajstić information content (AvgIpc) is 2.18. The summed E-state index contributed by atoms with van der Waals surface area (Å²) >= 11 is 0. The molecule has 0 saturated heterocycles. The van der Waals surface area contributed by atoms with Crippen molar-refractivity contribution >= 4 is 0 Å². The fourth-order valence-electron chi connectivity index (χ4n) is 1.80. The molecule has 0 rings (SSSR count). The van der Waals surface area contributed by atoms with E-state index in [1.54, 1.807) is 0 Å². The summed E-state index contributed by atoms with van der Waals surface area (Å²) < 4.78 is 0. The lowest BCUT2D eigenvalue weighted by atomic mass is 10.0. The lowest BCUT2D eigenvalue weighted by Gasteiger charge is -2.21. The summed E-state index contributed by atoms with van der Waals surface area (Å²) in [6.45, 7) is 6.64. The van der Waals surface area contributed by atoms with E-state index in [0.29, 0.717) is 6.04 Å². The Balaban J connectivity index is 3.91. The molecule has 0 aliphatic carbocycles. The zero-order valence-electron chi connectivity index (χ0n) is 9.97. The Kier molecular flexibility index (Phi) is 8.78. The number of nitrogens with one attached hydrogen (secondary N) is 1. The Morgan fingerprint density at radius 1 is 1.00 bits per heavy atom. The van der Waals surface area contributed by atoms with Crippen molar-refractivity contribution in [3.8, 4) is 12.3 Å². The molecule has 0 bridgehead atoms. The van der Waals surface area contributed by atoms with Crippen molar-refractivity contribution in [2.45, 2.75) is 71.4 Å². The van der Waals surface area contributed by atoms with Gasteiger partial charge >= 0.3 is 0 Å². The molecule has 1 unspecified atom stereocenters. The summed E-state index contributed by atoms with van der Waals surface area (Å²) in [5.41, 5.74) is 0. The summed E-state index contributed by atoms with van der Waals surface area (Å²) in [5, 5.41) is 3.57. The van der Waals surface area contributed by atoms with Crippen LogP contribution >= 0.6 is 0 Å². The largest absolute Gasteiger partial charge is 0.301 e. The summed E-state index contributed by atoms with van der Waals surface area (Å²) in [5.74, 6) is 2.84. The van der Waals surface area contributed by atoms with Crippen molar-refractivity contribution in [3.63, 3.8) is 0 Å². The molecule has 1 N–H and O–H groups in total.